The molecule has 72 valence electrons. The summed E-state index contributed by atoms with van der Waals surface area (Å²) in [7, 11) is 0. The molecular weight excluding hydrogens is 178 g/mol. The first-order valence-corrected chi connectivity index (χ1v) is 4.92. The Morgan fingerprint density at radius 1 is 1.08 bits per heavy atom. The lowest BCUT2D eigenvalue weighted by molar-refractivity contribution is 1.17. The third-order valence-corrected chi connectivity index (χ3v) is 2.94. The molecule has 0 unspecified atom stereocenters. The summed E-state index contributed by atoms with van der Waals surface area (Å²) in [6.45, 7) is 10.5. The van der Waals surface area contributed by atoms with E-state index in [4.69, 9.17) is 0 Å². The zero-order valence-electron chi connectivity index (χ0n) is 8.95. The highest BCUT2D eigenvalue weighted by atomic mass is 32.1. The number of rotatable bonds is 1. The fourth-order valence-electron chi connectivity index (χ4n) is 1.65. The quantitative estimate of drug-likeness (QED) is 0.637. The fourth-order valence-corrected chi connectivity index (χ4v) is 1.76. The maximum Gasteiger partial charge on any atom is 0.0196 e. The van der Waals surface area contributed by atoms with Gasteiger partial charge in [0.2, 0.25) is 0 Å². The lowest BCUT2D eigenvalue weighted by Gasteiger charge is -2.04. The van der Waals surface area contributed by atoms with E-state index < -0.39 is 0 Å². The van der Waals surface area contributed by atoms with Crippen molar-refractivity contribution in [3.8, 4) is 0 Å². The summed E-state index contributed by atoms with van der Waals surface area (Å²) in [5, 5.41) is 0. The van der Waals surface area contributed by atoms with Crippen LogP contribution in [0.25, 0.3) is 5.57 Å². The molecule has 0 spiro atoms. The van der Waals surface area contributed by atoms with Crippen LogP contribution in [-0.2, 0) is 0 Å². The van der Waals surface area contributed by atoms with E-state index >= 15 is 0 Å². The van der Waals surface area contributed by atoms with E-state index in [-0.39, 0.29) is 0 Å². The van der Waals surface area contributed by atoms with Crippen molar-refractivity contribution < 1.29 is 0 Å². The van der Waals surface area contributed by atoms with Crippen molar-refractivity contribution in [2.45, 2.75) is 34.6 Å². The zero-order chi connectivity index (χ0) is 10.2. The van der Waals surface area contributed by atoms with E-state index in [1.165, 1.54) is 28.1 Å². The maximum absolute atomic E-state index is 4.37. The van der Waals surface area contributed by atoms with Crippen LogP contribution in [0, 0.1) is 20.8 Å². The van der Waals surface area contributed by atoms with Crippen molar-refractivity contribution in [1.82, 2.24) is 4.98 Å². The van der Waals surface area contributed by atoms with Gasteiger partial charge in [-0.15, -0.1) is 12.6 Å². The van der Waals surface area contributed by atoms with E-state index in [2.05, 4.69) is 45.3 Å². The number of H-pyrrole nitrogens is 1. The van der Waals surface area contributed by atoms with E-state index in [1.807, 2.05) is 6.92 Å². The molecule has 0 fully saturated rings. The molecule has 0 aliphatic heterocycles. The van der Waals surface area contributed by atoms with Crippen LogP contribution in [0.4, 0.5) is 0 Å². The van der Waals surface area contributed by atoms with E-state index in [1.54, 1.807) is 0 Å². The van der Waals surface area contributed by atoms with Crippen molar-refractivity contribution in [3.63, 3.8) is 0 Å². The third kappa shape index (κ3) is 1.83. The van der Waals surface area contributed by atoms with Crippen LogP contribution in [0.15, 0.2) is 4.91 Å². The van der Waals surface area contributed by atoms with Gasteiger partial charge in [0.05, 0.1) is 0 Å². The summed E-state index contributed by atoms with van der Waals surface area (Å²) < 4.78 is 0. The largest absolute Gasteiger partial charge is 0.362 e. The molecule has 13 heavy (non-hydrogen) atoms. The topological polar surface area (TPSA) is 15.8 Å². The van der Waals surface area contributed by atoms with Gasteiger partial charge in [-0.3, -0.25) is 0 Å². The molecule has 1 rings (SSSR count). The molecule has 0 amide bonds. The Morgan fingerprint density at radius 2 is 1.62 bits per heavy atom. The molecule has 0 saturated heterocycles. The molecule has 1 N–H and O–H groups in total. The highest BCUT2D eigenvalue weighted by Crippen LogP contribution is 2.28. The van der Waals surface area contributed by atoms with Crippen LogP contribution in [0.3, 0.4) is 0 Å². The van der Waals surface area contributed by atoms with Crippen molar-refractivity contribution in [1.29, 1.82) is 0 Å². The number of hydrogen-bond acceptors (Lipinski definition) is 1. The van der Waals surface area contributed by atoms with Gasteiger partial charge in [0.15, 0.2) is 0 Å². The Morgan fingerprint density at radius 3 is 1.92 bits per heavy atom. The van der Waals surface area contributed by atoms with Crippen LogP contribution < -0.4 is 0 Å². The second kappa shape index (κ2) is 3.62. The lowest BCUT2D eigenvalue weighted by Crippen LogP contribution is -1.85. The first-order chi connectivity index (χ1) is 5.95. The molecule has 0 bridgehead atoms. The average Bonchev–Trinajstić information content (AvgIpc) is 2.26. The predicted octanol–water partition coefficient (Wildman–Crippen LogP) is 3.62. The minimum absolute atomic E-state index is 1.09. The van der Waals surface area contributed by atoms with Crippen LogP contribution in [0.2, 0.25) is 0 Å². The standard InChI is InChI=1S/C11H17NS/c1-6-8(3)12-9(4)11(6)7(2)10(5)13/h12-13H,1-5H3/b10-7-. The normalized spacial score (nSPS) is 13.1. The highest BCUT2D eigenvalue weighted by molar-refractivity contribution is 7.84. The van der Waals surface area contributed by atoms with Gasteiger partial charge in [0.25, 0.3) is 0 Å². The summed E-state index contributed by atoms with van der Waals surface area (Å²) in [5.41, 5.74) is 6.42. The molecule has 2 heteroatoms. The molecule has 0 radical (unpaired) electrons. The average molecular weight is 195 g/mol. The van der Waals surface area contributed by atoms with Crippen molar-refractivity contribution in [2.24, 2.45) is 0 Å². The molecule has 0 atom stereocenters. The summed E-state index contributed by atoms with van der Waals surface area (Å²) in [6, 6.07) is 0. The van der Waals surface area contributed by atoms with Crippen molar-refractivity contribution in [3.05, 3.63) is 27.4 Å². The number of thiol groups is 1. The maximum atomic E-state index is 4.37. The van der Waals surface area contributed by atoms with Gasteiger partial charge in [-0.2, -0.15) is 0 Å². The summed E-state index contributed by atoms with van der Waals surface area (Å²) in [6.07, 6.45) is 0. The number of nitrogens with one attached hydrogen (secondary N) is 1. The first kappa shape index (κ1) is 10.5. The summed E-state index contributed by atoms with van der Waals surface area (Å²) in [5.74, 6) is 0. The van der Waals surface area contributed by atoms with Crippen LogP contribution in [-0.4, -0.2) is 4.98 Å². The van der Waals surface area contributed by atoms with Gasteiger partial charge in [-0.25, -0.2) is 0 Å². The number of aromatic nitrogens is 1. The van der Waals surface area contributed by atoms with E-state index in [0.29, 0.717) is 0 Å². The Labute approximate surface area is 85.7 Å². The second-order valence-electron chi connectivity index (χ2n) is 3.59. The Kier molecular flexibility index (Phi) is 2.91. The number of aromatic amines is 1. The smallest absolute Gasteiger partial charge is 0.0196 e. The van der Waals surface area contributed by atoms with Gasteiger partial charge in [0, 0.05) is 17.0 Å². The molecule has 0 aliphatic rings. The highest BCUT2D eigenvalue weighted by Gasteiger charge is 2.10. The number of allylic oxidation sites excluding steroid dienone is 2. The van der Waals surface area contributed by atoms with Gasteiger partial charge in [-0.05, 0) is 50.7 Å². The van der Waals surface area contributed by atoms with Gasteiger partial charge >= 0.3 is 0 Å². The SMILES string of the molecule is C/C(S)=C(\C)c1c(C)[nH]c(C)c1C. The van der Waals surface area contributed by atoms with E-state index in [0.717, 1.165) is 4.91 Å². The number of aryl methyl sites for hydroxylation is 2. The minimum Gasteiger partial charge on any atom is -0.362 e. The van der Waals surface area contributed by atoms with Crippen LogP contribution in [0.1, 0.15) is 36.4 Å². The molecule has 1 nitrogen and oxygen atoms in total. The second-order valence-corrected chi connectivity index (χ2v) is 4.26. The molecule has 1 aromatic heterocycles. The summed E-state index contributed by atoms with van der Waals surface area (Å²) in [4.78, 5) is 4.43. The predicted molar refractivity (Wildman–Crippen MR) is 62.3 cm³/mol. The van der Waals surface area contributed by atoms with Crippen LogP contribution in [0.5, 0.6) is 0 Å². The van der Waals surface area contributed by atoms with Gasteiger partial charge < -0.3 is 4.98 Å². The van der Waals surface area contributed by atoms with Gasteiger partial charge in [-0.1, -0.05) is 0 Å². The Hall–Kier alpha value is -0.630. The Bertz CT molecular complexity index is 354. The number of hydrogen-bond donors (Lipinski definition) is 2. The minimum atomic E-state index is 1.09. The third-order valence-electron chi connectivity index (χ3n) is 2.61. The van der Waals surface area contributed by atoms with Crippen molar-refractivity contribution >= 4 is 18.2 Å². The molecule has 1 aromatic rings. The lowest BCUT2D eigenvalue weighted by atomic mass is 10.0. The molecule has 1 heterocycles. The fraction of sp³-hybridized carbons (Fsp3) is 0.455. The van der Waals surface area contributed by atoms with E-state index in [9.17, 15) is 0 Å². The monoisotopic (exact) mass is 195 g/mol. The summed E-state index contributed by atoms with van der Waals surface area (Å²) >= 11 is 4.37. The molecule has 0 saturated carbocycles. The van der Waals surface area contributed by atoms with Crippen LogP contribution >= 0.6 is 12.6 Å². The Balaban J connectivity index is 3.38. The van der Waals surface area contributed by atoms with Crippen molar-refractivity contribution in [2.75, 3.05) is 0 Å². The molecular formula is C11H17NS. The molecule has 0 aromatic carbocycles. The van der Waals surface area contributed by atoms with Gasteiger partial charge in [0.1, 0.15) is 0 Å². The zero-order valence-corrected chi connectivity index (χ0v) is 9.84. The first-order valence-electron chi connectivity index (χ1n) is 4.47. The molecule has 0 aliphatic carbocycles.